The van der Waals surface area contributed by atoms with Crippen LogP contribution in [0.1, 0.15) is 30.6 Å². The van der Waals surface area contributed by atoms with Crippen LogP contribution in [-0.2, 0) is 16.1 Å². The standard InChI is InChI=1S/C15H21N5O2/c1-11-16-6-8-20(11)9-7-19-15(21)12-3-2-10-22-13(12)14-17-4-5-18-14/h4-6,8,12-13H,2-3,7,9-10H2,1H3,(H,17,18)(H,19,21)/t12-,13-/m1/s1. The van der Waals surface area contributed by atoms with Crippen LogP contribution in [0.3, 0.4) is 0 Å². The lowest BCUT2D eigenvalue weighted by molar-refractivity contribution is -0.135. The van der Waals surface area contributed by atoms with Gasteiger partial charge in [0.25, 0.3) is 0 Å². The fraction of sp³-hybridized carbons (Fsp3) is 0.533. The Morgan fingerprint density at radius 3 is 3.14 bits per heavy atom. The van der Waals surface area contributed by atoms with Gasteiger partial charge in [-0.05, 0) is 19.8 Å². The van der Waals surface area contributed by atoms with Gasteiger partial charge in [0.05, 0.1) is 5.92 Å². The molecular weight excluding hydrogens is 282 g/mol. The summed E-state index contributed by atoms with van der Waals surface area (Å²) in [6.45, 7) is 3.92. The summed E-state index contributed by atoms with van der Waals surface area (Å²) in [5.41, 5.74) is 0. The molecule has 0 aromatic carbocycles. The Morgan fingerprint density at radius 1 is 1.50 bits per heavy atom. The van der Waals surface area contributed by atoms with Crippen molar-refractivity contribution in [3.8, 4) is 0 Å². The minimum Gasteiger partial charge on any atom is -0.369 e. The van der Waals surface area contributed by atoms with E-state index in [1.165, 1.54) is 0 Å². The number of rotatable bonds is 5. The van der Waals surface area contributed by atoms with Gasteiger partial charge in [0.15, 0.2) is 0 Å². The van der Waals surface area contributed by atoms with Crippen molar-refractivity contribution in [2.45, 2.75) is 32.4 Å². The molecule has 0 radical (unpaired) electrons. The summed E-state index contributed by atoms with van der Waals surface area (Å²) in [5.74, 6) is 1.51. The maximum atomic E-state index is 12.5. The maximum Gasteiger partial charge on any atom is 0.226 e. The molecule has 7 heteroatoms. The third kappa shape index (κ3) is 3.19. The Balaban J connectivity index is 1.57. The molecule has 0 unspecified atom stereocenters. The molecule has 118 valence electrons. The van der Waals surface area contributed by atoms with Crippen LogP contribution in [0.15, 0.2) is 24.8 Å². The Bertz CT molecular complexity index is 607. The molecule has 2 aromatic rings. The highest BCUT2D eigenvalue weighted by Crippen LogP contribution is 2.31. The molecule has 2 N–H and O–H groups in total. The van der Waals surface area contributed by atoms with E-state index in [4.69, 9.17) is 4.74 Å². The molecule has 1 aliphatic rings. The van der Waals surface area contributed by atoms with Gasteiger partial charge in [0, 0.05) is 44.5 Å². The van der Waals surface area contributed by atoms with Crippen LogP contribution in [0.5, 0.6) is 0 Å². The smallest absolute Gasteiger partial charge is 0.226 e. The highest BCUT2D eigenvalue weighted by Gasteiger charge is 2.34. The number of carbonyl (C=O) groups excluding carboxylic acids is 1. The van der Waals surface area contributed by atoms with E-state index in [1.54, 1.807) is 18.6 Å². The van der Waals surface area contributed by atoms with E-state index >= 15 is 0 Å². The van der Waals surface area contributed by atoms with Crippen molar-refractivity contribution in [2.24, 2.45) is 5.92 Å². The van der Waals surface area contributed by atoms with Gasteiger partial charge in [0.1, 0.15) is 17.8 Å². The number of aromatic nitrogens is 4. The van der Waals surface area contributed by atoms with Gasteiger partial charge >= 0.3 is 0 Å². The van der Waals surface area contributed by atoms with Gasteiger partial charge in [-0.1, -0.05) is 0 Å². The molecule has 1 amide bonds. The van der Waals surface area contributed by atoms with E-state index < -0.39 is 0 Å². The van der Waals surface area contributed by atoms with Crippen LogP contribution in [-0.4, -0.2) is 38.6 Å². The Labute approximate surface area is 129 Å². The summed E-state index contributed by atoms with van der Waals surface area (Å²) < 4.78 is 7.77. The molecule has 0 spiro atoms. The van der Waals surface area contributed by atoms with Gasteiger partial charge < -0.3 is 19.6 Å². The molecule has 0 bridgehead atoms. The number of hydrogen-bond donors (Lipinski definition) is 2. The van der Waals surface area contributed by atoms with Crippen LogP contribution >= 0.6 is 0 Å². The first-order valence-corrected chi connectivity index (χ1v) is 7.62. The topological polar surface area (TPSA) is 84.8 Å². The van der Waals surface area contributed by atoms with E-state index in [0.29, 0.717) is 13.2 Å². The highest BCUT2D eigenvalue weighted by molar-refractivity contribution is 5.79. The Kier molecular flexibility index (Phi) is 4.53. The molecule has 0 aliphatic carbocycles. The summed E-state index contributed by atoms with van der Waals surface area (Å²) in [4.78, 5) is 23.9. The molecule has 0 saturated carbocycles. The first kappa shape index (κ1) is 14.8. The van der Waals surface area contributed by atoms with Crippen LogP contribution < -0.4 is 5.32 Å². The van der Waals surface area contributed by atoms with Crippen LogP contribution in [0.4, 0.5) is 0 Å². The number of hydrogen-bond acceptors (Lipinski definition) is 4. The summed E-state index contributed by atoms with van der Waals surface area (Å²) in [6.07, 6.45) is 8.56. The van der Waals surface area contributed by atoms with Gasteiger partial charge in [-0.3, -0.25) is 4.79 Å². The molecule has 22 heavy (non-hydrogen) atoms. The second kappa shape index (κ2) is 6.74. The second-order valence-electron chi connectivity index (χ2n) is 5.47. The summed E-state index contributed by atoms with van der Waals surface area (Å²) in [5, 5.41) is 3.00. The number of ether oxygens (including phenoxy) is 1. The summed E-state index contributed by atoms with van der Waals surface area (Å²) in [6, 6.07) is 0. The van der Waals surface area contributed by atoms with Crippen molar-refractivity contribution < 1.29 is 9.53 Å². The lowest BCUT2D eigenvalue weighted by atomic mass is 9.93. The fourth-order valence-electron chi connectivity index (χ4n) is 2.82. The van der Waals surface area contributed by atoms with Gasteiger partial charge in [-0.25, -0.2) is 9.97 Å². The van der Waals surface area contributed by atoms with Crippen molar-refractivity contribution in [1.82, 2.24) is 24.8 Å². The molecule has 3 heterocycles. The number of aromatic amines is 1. The van der Waals surface area contributed by atoms with E-state index in [1.807, 2.05) is 17.7 Å². The molecule has 7 nitrogen and oxygen atoms in total. The first-order valence-electron chi connectivity index (χ1n) is 7.62. The van der Waals surface area contributed by atoms with Crippen molar-refractivity contribution in [3.05, 3.63) is 36.4 Å². The minimum absolute atomic E-state index is 0.0267. The predicted molar refractivity (Wildman–Crippen MR) is 80.0 cm³/mol. The third-order valence-electron chi connectivity index (χ3n) is 4.02. The average molecular weight is 303 g/mol. The predicted octanol–water partition coefficient (Wildman–Crippen LogP) is 1.20. The minimum atomic E-state index is -0.279. The van der Waals surface area contributed by atoms with Crippen LogP contribution in [0, 0.1) is 12.8 Å². The lowest BCUT2D eigenvalue weighted by Gasteiger charge is -2.29. The fourth-order valence-corrected chi connectivity index (χ4v) is 2.82. The molecule has 1 fully saturated rings. The lowest BCUT2D eigenvalue weighted by Crippen LogP contribution is -2.39. The number of imidazole rings is 2. The number of H-pyrrole nitrogens is 1. The molecular formula is C15H21N5O2. The van der Waals surface area contributed by atoms with Gasteiger partial charge in [-0.2, -0.15) is 0 Å². The largest absolute Gasteiger partial charge is 0.369 e. The third-order valence-corrected chi connectivity index (χ3v) is 4.02. The molecule has 1 saturated heterocycles. The van der Waals surface area contributed by atoms with Crippen molar-refractivity contribution in [3.63, 3.8) is 0 Å². The number of nitrogens with one attached hydrogen (secondary N) is 2. The molecule has 1 aliphatic heterocycles. The zero-order valence-corrected chi connectivity index (χ0v) is 12.7. The van der Waals surface area contributed by atoms with E-state index in [9.17, 15) is 4.79 Å². The SMILES string of the molecule is Cc1nccn1CCNC(=O)[C@@H]1CCCO[C@H]1c1ncc[nH]1. The van der Waals surface area contributed by atoms with E-state index in [2.05, 4.69) is 20.3 Å². The number of carbonyl (C=O) groups is 1. The van der Waals surface area contributed by atoms with Crippen molar-refractivity contribution >= 4 is 5.91 Å². The van der Waals surface area contributed by atoms with E-state index in [-0.39, 0.29) is 17.9 Å². The zero-order valence-electron chi connectivity index (χ0n) is 12.7. The average Bonchev–Trinajstić information content (AvgIpc) is 3.19. The Morgan fingerprint density at radius 2 is 2.41 bits per heavy atom. The van der Waals surface area contributed by atoms with E-state index in [0.717, 1.165) is 31.0 Å². The van der Waals surface area contributed by atoms with Crippen molar-refractivity contribution in [2.75, 3.05) is 13.2 Å². The number of nitrogens with zero attached hydrogens (tertiary/aromatic N) is 3. The molecule has 2 aromatic heterocycles. The van der Waals surface area contributed by atoms with Crippen molar-refractivity contribution in [1.29, 1.82) is 0 Å². The highest BCUT2D eigenvalue weighted by atomic mass is 16.5. The quantitative estimate of drug-likeness (QED) is 0.869. The number of aryl methyl sites for hydroxylation is 1. The monoisotopic (exact) mass is 303 g/mol. The van der Waals surface area contributed by atoms with Gasteiger partial charge in [0.2, 0.25) is 5.91 Å². The summed E-state index contributed by atoms with van der Waals surface area (Å²) >= 11 is 0. The molecule has 3 rings (SSSR count). The Hall–Kier alpha value is -2.15. The van der Waals surface area contributed by atoms with Gasteiger partial charge in [-0.15, -0.1) is 0 Å². The molecule has 2 atom stereocenters. The zero-order chi connectivity index (χ0) is 15.4. The number of amides is 1. The van der Waals surface area contributed by atoms with Crippen LogP contribution in [0.25, 0.3) is 0 Å². The van der Waals surface area contributed by atoms with Crippen LogP contribution in [0.2, 0.25) is 0 Å². The normalized spacial score (nSPS) is 21.7. The summed E-state index contributed by atoms with van der Waals surface area (Å²) in [7, 11) is 0. The first-order chi connectivity index (χ1) is 10.8. The second-order valence-corrected chi connectivity index (χ2v) is 5.47. The maximum absolute atomic E-state index is 12.5.